The first-order valence-electron chi connectivity index (χ1n) is 7.29. The van der Waals surface area contributed by atoms with Crippen molar-refractivity contribution in [2.75, 3.05) is 19.0 Å². The van der Waals surface area contributed by atoms with E-state index in [1.54, 1.807) is 15.9 Å². The Bertz CT molecular complexity index is 622. The van der Waals surface area contributed by atoms with Crippen LogP contribution in [0, 0.1) is 19.3 Å². The van der Waals surface area contributed by atoms with Gasteiger partial charge in [0.25, 0.3) is 0 Å². The molecule has 1 aliphatic heterocycles. The van der Waals surface area contributed by atoms with Crippen LogP contribution >= 0.6 is 11.6 Å². The first-order valence-corrected chi connectivity index (χ1v) is 9.26. The van der Waals surface area contributed by atoms with Gasteiger partial charge in [0.1, 0.15) is 4.90 Å². The van der Waals surface area contributed by atoms with E-state index in [4.69, 9.17) is 11.6 Å². The summed E-state index contributed by atoms with van der Waals surface area (Å²) >= 11 is 5.71. The molecular formula is C14H24ClN3O2S. The van der Waals surface area contributed by atoms with Crippen molar-refractivity contribution < 1.29 is 8.42 Å². The summed E-state index contributed by atoms with van der Waals surface area (Å²) < 4.78 is 29.1. The molecule has 21 heavy (non-hydrogen) atoms. The normalized spacial score (nSPS) is 19.3. The lowest BCUT2D eigenvalue weighted by Gasteiger charge is -2.20. The lowest BCUT2D eigenvalue weighted by molar-refractivity contribution is 0.375. The van der Waals surface area contributed by atoms with Crippen LogP contribution in [-0.2, 0) is 16.6 Å². The van der Waals surface area contributed by atoms with Crippen molar-refractivity contribution in [2.45, 2.75) is 52.0 Å². The fourth-order valence-electron chi connectivity index (χ4n) is 2.88. The lowest BCUT2D eigenvalue weighted by atomic mass is 9.93. The summed E-state index contributed by atoms with van der Waals surface area (Å²) in [6.45, 7) is 9.60. The molecule has 1 fully saturated rings. The van der Waals surface area contributed by atoms with Crippen LogP contribution in [0.4, 0.5) is 0 Å². The zero-order valence-corrected chi connectivity index (χ0v) is 14.8. The van der Waals surface area contributed by atoms with Gasteiger partial charge in [0.2, 0.25) is 10.0 Å². The molecule has 0 spiro atoms. The van der Waals surface area contributed by atoms with Crippen molar-refractivity contribution in [2.24, 2.45) is 5.41 Å². The standard InChI is InChI=1S/C14H24ClN3O2S/c1-11-13(12(2)18(16-11)8-5-7-15)21(19,20)17-9-6-14(3,4)10-17/h5-10H2,1-4H3. The Morgan fingerprint density at radius 2 is 2.00 bits per heavy atom. The van der Waals surface area contributed by atoms with Crippen LogP contribution in [0.5, 0.6) is 0 Å². The number of hydrogen-bond acceptors (Lipinski definition) is 3. The van der Waals surface area contributed by atoms with E-state index in [1.165, 1.54) is 0 Å². The van der Waals surface area contributed by atoms with E-state index < -0.39 is 10.0 Å². The van der Waals surface area contributed by atoms with Crippen LogP contribution in [0.3, 0.4) is 0 Å². The number of alkyl halides is 1. The zero-order chi connectivity index (χ0) is 15.8. The SMILES string of the molecule is Cc1nn(CCCCl)c(C)c1S(=O)(=O)N1CCC(C)(C)C1. The number of sulfonamides is 1. The van der Waals surface area contributed by atoms with E-state index in [2.05, 4.69) is 18.9 Å². The quantitative estimate of drug-likeness (QED) is 0.778. The van der Waals surface area contributed by atoms with Crippen LogP contribution in [0.25, 0.3) is 0 Å². The highest BCUT2D eigenvalue weighted by molar-refractivity contribution is 7.89. The smallest absolute Gasteiger partial charge is 0.246 e. The highest BCUT2D eigenvalue weighted by Gasteiger charge is 2.39. The van der Waals surface area contributed by atoms with Gasteiger partial charge in [-0.25, -0.2) is 8.42 Å². The maximum absolute atomic E-state index is 12.9. The molecule has 2 heterocycles. The predicted molar refractivity (Wildman–Crippen MR) is 84.2 cm³/mol. The van der Waals surface area contributed by atoms with Gasteiger partial charge >= 0.3 is 0 Å². The molecule has 2 rings (SSSR count). The Morgan fingerprint density at radius 1 is 1.33 bits per heavy atom. The summed E-state index contributed by atoms with van der Waals surface area (Å²) in [6, 6.07) is 0. The van der Waals surface area contributed by atoms with Crippen LogP contribution in [0.1, 0.15) is 38.1 Å². The number of nitrogens with zero attached hydrogens (tertiary/aromatic N) is 3. The summed E-state index contributed by atoms with van der Waals surface area (Å²) in [6.07, 6.45) is 1.67. The topological polar surface area (TPSA) is 55.2 Å². The van der Waals surface area contributed by atoms with Crippen LogP contribution in [0.15, 0.2) is 4.90 Å². The molecule has 7 heteroatoms. The zero-order valence-electron chi connectivity index (χ0n) is 13.2. The second-order valence-electron chi connectivity index (χ2n) is 6.52. The molecule has 0 aliphatic carbocycles. The second-order valence-corrected chi connectivity index (χ2v) is 8.77. The Balaban J connectivity index is 2.35. The third-order valence-electron chi connectivity index (χ3n) is 4.06. The van der Waals surface area contributed by atoms with Gasteiger partial charge in [0.05, 0.1) is 11.4 Å². The number of halogens is 1. The monoisotopic (exact) mass is 333 g/mol. The average molecular weight is 334 g/mol. The molecule has 0 amide bonds. The maximum atomic E-state index is 12.9. The predicted octanol–water partition coefficient (Wildman–Crippen LogP) is 2.55. The van der Waals surface area contributed by atoms with E-state index in [0.717, 1.165) is 12.8 Å². The Kier molecular flexibility index (Phi) is 4.71. The van der Waals surface area contributed by atoms with Gasteiger partial charge in [-0.1, -0.05) is 13.8 Å². The molecule has 0 N–H and O–H groups in total. The number of rotatable bonds is 5. The summed E-state index contributed by atoms with van der Waals surface area (Å²) in [7, 11) is -3.46. The number of aryl methyl sites for hydroxylation is 2. The highest BCUT2D eigenvalue weighted by atomic mass is 35.5. The van der Waals surface area contributed by atoms with E-state index in [0.29, 0.717) is 41.8 Å². The summed E-state index contributed by atoms with van der Waals surface area (Å²) in [4.78, 5) is 0.370. The van der Waals surface area contributed by atoms with Gasteiger partial charge in [-0.15, -0.1) is 11.6 Å². The van der Waals surface area contributed by atoms with Crippen LogP contribution in [0.2, 0.25) is 0 Å². The van der Waals surface area contributed by atoms with Crippen LogP contribution < -0.4 is 0 Å². The maximum Gasteiger partial charge on any atom is 0.246 e. The number of aromatic nitrogens is 2. The van der Waals surface area contributed by atoms with Crippen molar-refractivity contribution in [3.8, 4) is 0 Å². The van der Waals surface area contributed by atoms with Crippen molar-refractivity contribution in [3.63, 3.8) is 0 Å². The fraction of sp³-hybridized carbons (Fsp3) is 0.786. The second kappa shape index (κ2) is 5.89. The summed E-state index contributed by atoms with van der Waals surface area (Å²) in [5.41, 5.74) is 1.33. The molecular weight excluding hydrogens is 310 g/mol. The molecule has 0 unspecified atom stereocenters. The van der Waals surface area contributed by atoms with Crippen LogP contribution in [-0.4, -0.2) is 41.5 Å². The minimum atomic E-state index is -3.46. The molecule has 0 bridgehead atoms. The first kappa shape index (κ1) is 16.8. The van der Waals surface area contributed by atoms with Crippen molar-refractivity contribution >= 4 is 21.6 Å². The largest absolute Gasteiger partial charge is 0.268 e. The van der Waals surface area contributed by atoms with Gasteiger partial charge in [-0.05, 0) is 32.1 Å². The van der Waals surface area contributed by atoms with E-state index in [-0.39, 0.29) is 5.41 Å². The Morgan fingerprint density at radius 3 is 2.52 bits per heavy atom. The summed E-state index contributed by atoms with van der Waals surface area (Å²) in [5.74, 6) is 0.542. The molecule has 0 atom stereocenters. The highest BCUT2D eigenvalue weighted by Crippen LogP contribution is 2.34. The third-order valence-corrected chi connectivity index (χ3v) is 6.42. The van der Waals surface area contributed by atoms with Crippen molar-refractivity contribution in [1.82, 2.24) is 14.1 Å². The summed E-state index contributed by atoms with van der Waals surface area (Å²) in [5, 5.41) is 4.37. The molecule has 5 nitrogen and oxygen atoms in total. The van der Waals surface area contributed by atoms with Crippen molar-refractivity contribution in [1.29, 1.82) is 0 Å². The van der Waals surface area contributed by atoms with Gasteiger partial charge in [-0.2, -0.15) is 9.40 Å². The minimum absolute atomic E-state index is 0.0451. The number of hydrogen-bond donors (Lipinski definition) is 0. The van der Waals surface area contributed by atoms with E-state index >= 15 is 0 Å². The fourth-order valence-corrected chi connectivity index (χ4v) is 5.00. The van der Waals surface area contributed by atoms with E-state index in [1.807, 2.05) is 6.92 Å². The molecule has 0 saturated carbocycles. The van der Waals surface area contributed by atoms with Gasteiger partial charge in [0, 0.05) is 25.5 Å². The molecule has 1 aliphatic rings. The molecule has 0 radical (unpaired) electrons. The van der Waals surface area contributed by atoms with E-state index in [9.17, 15) is 8.42 Å². The molecule has 1 saturated heterocycles. The molecule has 120 valence electrons. The minimum Gasteiger partial charge on any atom is -0.268 e. The van der Waals surface area contributed by atoms with Gasteiger partial charge < -0.3 is 0 Å². The molecule has 1 aromatic heterocycles. The van der Waals surface area contributed by atoms with Gasteiger partial charge in [0.15, 0.2) is 0 Å². The Labute approximate surface area is 132 Å². The Hall–Kier alpha value is -0.590. The first-order chi connectivity index (χ1) is 9.69. The molecule has 0 aromatic carbocycles. The van der Waals surface area contributed by atoms with Crippen molar-refractivity contribution in [3.05, 3.63) is 11.4 Å². The molecule has 1 aromatic rings. The average Bonchev–Trinajstić information content (AvgIpc) is 2.87. The third kappa shape index (κ3) is 3.27. The van der Waals surface area contributed by atoms with Gasteiger partial charge in [-0.3, -0.25) is 4.68 Å². The lowest BCUT2D eigenvalue weighted by Crippen LogP contribution is -2.31.